The van der Waals surface area contributed by atoms with Gasteiger partial charge in [-0.05, 0) is 92.8 Å². The van der Waals surface area contributed by atoms with Crippen LogP contribution in [0, 0.1) is 11.8 Å². The predicted octanol–water partition coefficient (Wildman–Crippen LogP) is 8.07. The largest absolute Gasteiger partial charge is 0.491 e. The van der Waals surface area contributed by atoms with Crippen molar-refractivity contribution in [1.29, 1.82) is 0 Å². The molecule has 1 aliphatic heterocycles. The summed E-state index contributed by atoms with van der Waals surface area (Å²) in [7, 11) is -1.42. The summed E-state index contributed by atoms with van der Waals surface area (Å²) in [6.45, 7) is 10.5. The van der Waals surface area contributed by atoms with Gasteiger partial charge in [-0.15, -0.1) is 0 Å². The highest BCUT2D eigenvalue weighted by molar-refractivity contribution is 7.84. The third kappa shape index (κ3) is 7.82. The Labute approximate surface area is 249 Å². The van der Waals surface area contributed by atoms with Crippen LogP contribution in [0.15, 0.2) is 36.4 Å². The molecule has 40 heavy (non-hydrogen) atoms. The van der Waals surface area contributed by atoms with Gasteiger partial charge in [-0.2, -0.15) is 0 Å². The van der Waals surface area contributed by atoms with Crippen LogP contribution in [0.25, 0.3) is 0 Å². The Balaban J connectivity index is 1.63. The van der Waals surface area contributed by atoms with Gasteiger partial charge in [0.15, 0.2) is 0 Å². The molecule has 1 heterocycles. The number of carbonyl (C=O) groups is 1. The molecule has 7 heteroatoms. The topological polar surface area (TPSA) is 58.6 Å². The molecular weight excluding hydrogens is 540 g/mol. The van der Waals surface area contributed by atoms with Gasteiger partial charge in [0.25, 0.3) is 5.91 Å². The number of amides is 1. The first-order valence-electron chi connectivity index (χ1n) is 15.3. The van der Waals surface area contributed by atoms with E-state index in [1.165, 1.54) is 49.7 Å². The van der Waals surface area contributed by atoms with Crippen LogP contribution in [0.1, 0.15) is 106 Å². The minimum atomic E-state index is -1.42. The predicted molar refractivity (Wildman–Crippen MR) is 168 cm³/mol. The maximum atomic E-state index is 13.0. The van der Waals surface area contributed by atoms with Crippen LogP contribution in [0.4, 0.5) is 5.69 Å². The van der Waals surface area contributed by atoms with Gasteiger partial charge >= 0.3 is 0 Å². The van der Waals surface area contributed by atoms with Crippen LogP contribution >= 0.6 is 11.6 Å². The maximum Gasteiger partial charge on any atom is 0.263 e. The Kier molecular flexibility index (Phi) is 11.4. The minimum Gasteiger partial charge on any atom is -0.491 e. The van der Waals surface area contributed by atoms with Crippen molar-refractivity contribution in [2.24, 2.45) is 11.8 Å². The third-order valence-electron chi connectivity index (χ3n) is 8.62. The molecule has 0 radical (unpaired) electrons. The van der Waals surface area contributed by atoms with E-state index in [1.807, 2.05) is 32.0 Å². The van der Waals surface area contributed by atoms with E-state index >= 15 is 0 Å². The molecule has 1 saturated carbocycles. The average Bonchev–Trinajstić information content (AvgIpc) is 3.11. The summed E-state index contributed by atoms with van der Waals surface area (Å²) >= 11 is 6.43. The fraction of sp³-hybridized carbons (Fsp3) is 0.606. The lowest BCUT2D eigenvalue weighted by Gasteiger charge is -2.41. The van der Waals surface area contributed by atoms with Crippen molar-refractivity contribution < 1.29 is 13.7 Å². The molecule has 220 valence electrons. The number of unbranched alkanes of at least 4 members (excludes halogenated alkanes) is 3. The normalized spacial score (nSPS) is 21.2. The number of aryl methyl sites for hydroxylation is 1. The summed E-state index contributed by atoms with van der Waals surface area (Å²) in [4.78, 5) is 15.5. The first kappa shape index (κ1) is 30.9. The van der Waals surface area contributed by atoms with Gasteiger partial charge in [0.1, 0.15) is 16.7 Å². The summed E-state index contributed by atoms with van der Waals surface area (Å²) in [6, 6.07) is 12.0. The summed E-state index contributed by atoms with van der Waals surface area (Å²) < 4.78 is 21.5. The van der Waals surface area contributed by atoms with Gasteiger partial charge in [-0.3, -0.25) is 9.52 Å². The quantitative estimate of drug-likeness (QED) is 0.241. The highest BCUT2D eigenvalue weighted by Gasteiger charge is 2.35. The van der Waals surface area contributed by atoms with Gasteiger partial charge in [0.05, 0.1) is 12.3 Å². The first-order chi connectivity index (χ1) is 19.3. The van der Waals surface area contributed by atoms with Gasteiger partial charge in [-0.25, -0.2) is 4.21 Å². The van der Waals surface area contributed by atoms with E-state index in [0.29, 0.717) is 18.1 Å². The fourth-order valence-electron chi connectivity index (χ4n) is 6.02. The number of carbonyl (C=O) groups excluding carboxylic acids is 1. The highest BCUT2D eigenvalue weighted by atomic mass is 35.5. The zero-order valence-electron chi connectivity index (χ0n) is 24.7. The number of halogens is 1. The monoisotopic (exact) mass is 586 g/mol. The van der Waals surface area contributed by atoms with Crippen molar-refractivity contribution in [2.75, 3.05) is 24.6 Å². The molecule has 1 fully saturated rings. The van der Waals surface area contributed by atoms with Crippen molar-refractivity contribution in [2.45, 2.75) is 96.7 Å². The van der Waals surface area contributed by atoms with Crippen LogP contribution in [0.2, 0.25) is 5.02 Å². The van der Waals surface area contributed by atoms with Crippen molar-refractivity contribution >= 4 is 34.2 Å². The second-order valence-corrected chi connectivity index (χ2v) is 14.1. The molecule has 5 nitrogen and oxygen atoms in total. The zero-order valence-corrected chi connectivity index (χ0v) is 26.3. The molecule has 0 spiro atoms. The summed E-state index contributed by atoms with van der Waals surface area (Å²) in [6.07, 6.45) is 11.0. The maximum absolute atomic E-state index is 13.0. The smallest absolute Gasteiger partial charge is 0.263 e. The molecule has 0 bridgehead atoms. The summed E-state index contributed by atoms with van der Waals surface area (Å²) in [5, 5.41) is 0.637. The highest BCUT2D eigenvalue weighted by Crippen LogP contribution is 2.42. The van der Waals surface area contributed by atoms with E-state index in [2.05, 4.69) is 35.6 Å². The van der Waals surface area contributed by atoms with Crippen molar-refractivity contribution in [3.05, 3.63) is 58.1 Å². The lowest BCUT2D eigenvalue weighted by molar-refractivity contribution is 0.0982. The molecular formula is C33H47ClN2O3S. The number of hydrogen-bond donors (Lipinski definition) is 1. The van der Waals surface area contributed by atoms with E-state index in [9.17, 15) is 9.00 Å². The van der Waals surface area contributed by atoms with Crippen molar-refractivity contribution in [1.82, 2.24) is 4.72 Å². The first-order valence-corrected chi connectivity index (χ1v) is 16.9. The van der Waals surface area contributed by atoms with Crippen LogP contribution in [0.3, 0.4) is 0 Å². The van der Waals surface area contributed by atoms with E-state index in [1.54, 1.807) is 6.07 Å². The molecule has 0 aromatic heterocycles. The number of hydrogen-bond acceptors (Lipinski definition) is 4. The van der Waals surface area contributed by atoms with Crippen LogP contribution in [-0.2, 0) is 17.4 Å². The van der Waals surface area contributed by atoms with Gasteiger partial charge in [0, 0.05) is 34.8 Å². The number of nitrogens with one attached hydrogen (secondary N) is 1. The molecule has 1 amide bonds. The van der Waals surface area contributed by atoms with Gasteiger partial charge in [0.2, 0.25) is 0 Å². The molecule has 2 aromatic carbocycles. The zero-order chi connectivity index (χ0) is 28.6. The van der Waals surface area contributed by atoms with E-state index in [4.69, 9.17) is 16.3 Å². The number of benzene rings is 2. The summed E-state index contributed by atoms with van der Waals surface area (Å²) in [5.41, 5.74) is 4.11. The SMILES string of the molecule is CCCCCC1CCC1CN1CC(c2ccc(Cl)cc2CCCC)COc2ccc(C(=O)NS(=O)C(C)C)cc21. The van der Waals surface area contributed by atoms with E-state index in [0.717, 1.165) is 54.7 Å². The van der Waals surface area contributed by atoms with Crippen LogP contribution in [-0.4, -0.2) is 35.1 Å². The molecule has 2 aliphatic rings. The Morgan fingerprint density at radius 1 is 1.07 bits per heavy atom. The standard InChI is InChI=1S/C33H47ClN2O3S/c1-5-7-9-11-24-12-13-27(24)20-36-21-28(30-16-15-29(34)18-25(30)10-8-6-2)22-39-32-17-14-26(19-31(32)36)33(37)35-40(38)23(3)4/h14-19,23-24,27-28H,5-13,20-22H2,1-4H3,(H,35,37). The van der Waals surface area contributed by atoms with Gasteiger partial charge < -0.3 is 9.64 Å². The molecule has 0 saturated heterocycles. The Hall–Kier alpha value is -2.05. The molecule has 1 aliphatic carbocycles. The molecule has 4 atom stereocenters. The average molecular weight is 587 g/mol. The minimum absolute atomic E-state index is 0.144. The number of ether oxygens (including phenoxy) is 1. The Morgan fingerprint density at radius 3 is 2.55 bits per heavy atom. The molecule has 4 unspecified atom stereocenters. The number of nitrogens with zero attached hydrogens (tertiary/aromatic N) is 1. The second kappa shape index (κ2) is 14.7. The lowest BCUT2D eigenvalue weighted by atomic mass is 9.71. The third-order valence-corrected chi connectivity index (χ3v) is 10.1. The van der Waals surface area contributed by atoms with Crippen LogP contribution < -0.4 is 14.4 Å². The van der Waals surface area contributed by atoms with Gasteiger partial charge in [-0.1, -0.05) is 63.6 Å². The van der Waals surface area contributed by atoms with E-state index < -0.39 is 11.0 Å². The second-order valence-electron chi connectivity index (χ2n) is 11.9. The molecule has 1 N–H and O–H groups in total. The summed E-state index contributed by atoms with van der Waals surface area (Å²) in [5.74, 6) is 2.12. The molecule has 2 aromatic rings. The van der Waals surface area contributed by atoms with Crippen molar-refractivity contribution in [3.63, 3.8) is 0 Å². The van der Waals surface area contributed by atoms with E-state index in [-0.39, 0.29) is 17.1 Å². The number of fused-ring (bicyclic) bond motifs is 1. The van der Waals surface area contributed by atoms with Crippen LogP contribution in [0.5, 0.6) is 5.75 Å². The van der Waals surface area contributed by atoms with Crippen molar-refractivity contribution in [3.8, 4) is 5.75 Å². The number of rotatable bonds is 13. The lowest BCUT2D eigenvalue weighted by Crippen LogP contribution is -2.40. The Morgan fingerprint density at radius 2 is 1.85 bits per heavy atom. The Bertz CT molecular complexity index is 1170. The fourth-order valence-corrected chi connectivity index (χ4v) is 6.75. The number of anilines is 1. The molecule has 4 rings (SSSR count).